The average Bonchev–Trinajstić information content (AvgIpc) is 2.93. The van der Waals surface area contributed by atoms with Crippen LogP contribution < -0.4 is 0 Å². The highest BCUT2D eigenvalue weighted by atomic mass is 35.5. The minimum absolute atomic E-state index is 0.0293. The molecular weight excluding hydrogens is 613 g/mol. The molecule has 250 valence electrons. The zero-order valence-electron chi connectivity index (χ0n) is 26.8. The molecule has 0 fully saturated rings. The van der Waals surface area contributed by atoms with Crippen LogP contribution in [0.4, 0.5) is 13.2 Å². The van der Waals surface area contributed by atoms with Crippen molar-refractivity contribution in [1.82, 2.24) is 0 Å². The first-order valence-electron chi connectivity index (χ1n) is 14.8. The maximum absolute atomic E-state index is 14.7. The van der Waals surface area contributed by atoms with Crippen LogP contribution in [0.2, 0.25) is 0 Å². The molecule has 0 aliphatic heterocycles. The van der Waals surface area contributed by atoms with Crippen LogP contribution in [0.15, 0.2) is 65.8 Å². The molecule has 1 aromatic carbocycles. The molecule has 5 atom stereocenters. The number of carbonyl (C=O) groups is 3. The molecule has 1 aliphatic carbocycles. The Labute approximate surface area is 268 Å². The number of halogens is 4. The van der Waals surface area contributed by atoms with Crippen molar-refractivity contribution in [2.45, 2.75) is 102 Å². The SMILES string of the molecule is C=C(C)[C@H]1CC/C(C)=C/CC[C@@](C)(Cl)[C@H](OC(=O)[C@](OC)(c2ccccc2)C(F)(F)F)CC/C(COC(C)=O)=C\[C@@H]1OC(C)=O. The summed E-state index contributed by atoms with van der Waals surface area (Å²) in [6.07, 6.45) is -1.39. The minimum Gasteiger partial charge on any atom is -0.461 e. The quantitative estimate of drug-likeness (QED) is 0.122. The van der Waals surface area contributed by atoms with E-state index in [0.29, 0.717) is 24.8 Å². The fourth-order valence-corrected chi connectivity index (χ4v) is 5.65. The van der Waals surface area contributed by atoms with Gasteiger partial charge in [0.1, 0.15) is 18.8 Å². The van der Waals surface area contributed by atoms with Gasteiger partial charge < -0.3 is 18.9 Å². The van der Waals surface area contributed by atoms with E-state index < -0.39 is 52.3 Å². The van der Waals surface area contributed by atoms with Crippen LogP contribution in [0, 0.1) is 5.92 Å². The van der Waals surface area contributed by atoms with Crippen molar-refractivity contribution in [3.63, 3.8) is 0 Å². The van der Waals surface area contributed by atoms with Crippen molar-refractivity contribution in [3.05, 3.63) is 71.3 Å². The third-order valence-electron chi connectivity index (χ3n) is 7.99. The van der Waals surface area contributed by atoms with Gasteiger partial charge in [-0.3, -0.25) is 9.59 Å². The van der Waals surface area contributed by atoms with Crippen LogP contribution in [0.1, 0.15) is 78.7 Å². The van der Waals surface area contributed by atoms with Gasteiger partial charge in [-0.05, 0) is 70.9 Å². The Morgan fingerprint density at radius 3 is 2.20 bits per heavy atom. The third kappa shape index (κ3) is 10.5. The first-order chi connectivity index (χ1) is 20.9. The van der Waals surface area contributed by atoms with Crippen molar-refractivity contribution >= 4 is 29.5 Å². The molecule has 45 heavy (non-hydrogen) atoms. The van der Waals surface area contributed by atoms with Crippen LogP contribution in [0.25, 0.3) is 0 Å². The molecule has 0 unspecified atom stereocenters. The van der Waals surface area contributed by atoms with E-state index in [9.17, 15) is 27.6 Å². The number of hydrogen-bond acceptors (Lipinski definition) is 7. The van der Waals surface area contributed by atoms with Gasteiger partial charge in [0.25, 0.3) is 5.60 Å². The van der Waals surface area contributed by atoms with Crippen LogP contribution in [0.5, 0.6) is 0 Å². The maximum atomic E-state index is 14.7. The largest absolute Gasteiger partial charge is 0.461 e. The van der Waals surface area contributed by atoms with Gasteiger partial charge >= 0.3 is 24.1 Å². The van der Waals surface area contributed by atoms with Gasteiger partial charge in [-0.2, -0.15) is 13.2 Å². The molecule has 0 radical (unpaired) electrons. The highest BCUT2D eigenvalue weighted by Gasteiger charge is 2.64. The van der Waals surface area contributed by atoms with Gasteiger partial charge in [0.05, 0.1) is 4.87 Å². The molecule has 1 aliphatic rings. The standard InChI is InChI=1S/C34H44ClF3O7/c1-22(2)28-17-15-23(3)12-11-19-32(6,35)30(18-16-26(21-43-24(4)39)20-29(28)44-25(5)40)45-31(41)33(42-7,34(36,37)38)27-13-9-8-10-14-27/h8-10,12-14,20,28-30H,1,11,15-19,21H2,2-7H3/b23-12+,26-20+/t28-,29+,30-,32-,33-/m1/s1. The first kappa shape index (κ1) is 38.1. The summed E-state index contributed by atoms with van der Waals surface area (Å²) in [6.45, 7) is 11.8. The minimum atomic E-state index is -5.17. The maximum Gasteiger partial charge on any atom is 0.432 e. The summed E-state index contributed by atoms with van der Waals surface area (Å²) in [5.41, 5.74) is -1.51. The third-order valence-corrected chi connectivity index (χ3v) is 8.42. The van der Waals surface area contributed by atoms with Gasteiger partial charge in [-0.25, -0.2) is 4.79 Å². The summed E-state index contributed by atoms with van der Waals surface area (Å²) in [6, 6.07) is 6.55. The summed E-state index contributed by atoms with van der Waals surface area (Å²) in [5, 5.41) is 0. The normalized spacial score (nSPS) is 27.3. The van der Waals surface area contributed by atoms with Crippen LogP contribution in [-0.2, 0) is 38.9 Å². The molecule has 0 bridgehead atoms. The Morgan fingerprint density at radius 2 is 1.67 bits per heavy atom. The lowest BCUT2D eigenvalue weighted by molar-refractivity contribution is -0.278. The predicted octanol–water partition coefficient (Wildman–Crippen LogP) is 7.91. The number of methoxy groups -OCH3 is 1. The smallest absolute Gasteiger partial charge is 0.432 e. The summed E-state index contributed by atoms with van der Waals surface area (Å²) >= 11 is 6.98. The average molecular weight is 657 g/mol. The topological polar surface area (TPSA) is 88.1 Å². The number of ether oxygens (including phenoxy) is 4. The van der Waals surface area contributed by atoms with Gasteiger partial charge in [0.2, 0.25) is 0 Å². The molecule has 0 amide bonds. The molecule has 0 spiro atoms. The first-order valence-corrected chi connectivity index (χ1v) is 15.2. The molecule has 1 aromatic rings. The molecule has 0 N–H and O–H groups in total. The van der Waals surface area contributed by atoms with Crippen molar-refractivity contribution in [2.75, 3.05) is 13.7 Å². The Morgan fingerprint density at radius 1 is 1.02 bits per heavy atom. The van der Waals surface area contributed by atoms with Crippen LogP contribution in [-0.4, -0.2) is 54.9 Å². The Bertz CT molecular complexity index is 1260. The molecule has 2 rings (SSSR count). The molecule has 0 saturated heterocycles. The van der Waals surface area contributed by atoms with E-state index in [1.165, 1.54) is 32.0 Å². The van der Waals surface area contributed by atoms with Crippen LogP contribution in [0.3, 0.4) is 0 Å². The van der Waals surface area contributed by atoms with E-state index in [1.54, 1.807) is 13.0 Å². The molecular formula is C34H44ClF3O7. The van der Waals surface area contributed by atoms with Gasteiger partial charge in [-0.1, -0.05) is 54.1 Å². The molecule has 7 nitrogen and oxygen atoms in total. The summed E-state index contributed by atoms with van der Waals surface area (Å²) in [4.78, 5) is 36.2. The van der Waals surface area contributed by atoms with E-state index in [1.807, 2.05) is 19.9 Å². The van der Waals surface area contributed by atoms with Gasteiger partial charge in [0.15, 0.2) is 0 Å². The zero-order chi connectivity index (χ0) is 34.0. The number of hydrogen-bond donors (Lipinski definition) is 0. The second-order valence-corrected chi connectivity index (χ2v) is 12.6. The number of esters is 3. The van der Waals surface area contributed by atoms with E-state index in [2.05, 4.69) is 6.58 Å². The lowest BCUT2D eigenvalue weighted by Gasteiger charge is -2.37. The molecule has 0 saturated carbocycles. The number of benzene rings is 1. The summed E-state index contributed by atoms with van der Waals surface area (Å²) in [5.74, 6) is -3.00. The van der Waals surface area contributed by atoms with E-state index in [-0.39, 0.29) is 31.8 Å². The summed E-state index contributed by atoms with van der Waals surface area (Å²) < 4.78 is 65.6. The fraction of sp³-hybridized carbons (Fsp3) is 0.559. The van der Waals surface area contributed by atoms with Crippen molar-refractivity contribution in [2.24, 2.45) is 5.92 Å². The Kier molecular flexibility index (Phi) is 13.9. The Balaban J connectivity index is 2.64. The van der Waals surface area contributed by atoms with Crippen LogP contribution >= 0.6 is 11.6 Å². The molecule has 0 heterocycles. The second kappa shape index (κ2) is 16.5. The lowest BCUT2D eigenvalue weighted by Crippen LogP contribution is -2.54. The number of carbonyl (C=O) groups excluding carboxylic acids is 3. The second-order valence-electron chi connectivity index (χ2n) is 11.7. The summed E-state index contributed by atoms with van der Waals surface area (Å²) in [7, 11) is 0.801. The Hall–Kier alpha value is -3.11. The predicted molar refractivity (Wildman–Crippen MR) is 165 cm³/mol. The monoisotopic (exact) mass is 656 g/mol. The van der Waals surface area contributed by atoms with E-state index in [4.69, 9.17) is 30.5 Å². The van der Waals surface area contributed by atoms with Crippen molar-refractivity contribution in [3.8, 4) is 0 Å². The van der Waals surface area contributed by atoms with Gasteiger partial charge in [-0.15, -0.1) is 11.6 Å². The highest BCUT2D eigenvalue weighted by Crippen LogP contribution is 2.44. The lowest BCUT2D eigenvalue weighted by atomic mass is 9.86. The number of rotatable bonds is 8. The number of alkyl halides is 4. The molecule has 0 aromatic heterocycles. The number of allylic oxidation sites excluding steroid dienone is 2. The van der Waals surface area contributed by atoms with Crippen molar-refractivity contribution in [1.29, 1.82) is 0 Å². The van der Waals surface area contributed by atoms with E-state index >= 15 is 0 Å². The fourth-order valence-electron chi connectivity index (χ4n) is 5.39. The van der Waals surface area contributed by atoms with E-state index in [0.717, 1.165) is 30.4 Å². The molecule has 11 heteroatoms. The van der Waals surface area contributed by atoms with Crippen molar-refractivity contribution < 1.29 is 46.5 Å². The highest BCUT2D eigenvalue weighted by molar-refractivity contribution is 6.24. The van der Waals surface area contributed by atoms with Gasteiger partial charge in [0, 0.05) is 32.4 Å². The zero-order valence-corrected chi connectivity index (χ0v) is 27.6.